The summed E-state index contributed by atoms with van der Waals surface area (Å²) in [5.74, 6) is 0.449. The van der Waals surface area contributed by atoms with Crippen molar-refractivity contribution in [1.29, 1.82) is 0 Å². The van der Waals surface area contributed by atoms with Gasteiger partial charge in [-0.2, -0.15) is 0 Å². The van der Waals surface area contributed by atoms with Crippen molar-refractivity contribution >= 4 is 0 Å². The maximum atomic E-state index is 4.64. The molecule has 1 rings (SSSR count). The van der Waals surface area contributed by atoms with Crippen molar-refractivity contribution in [2.75, 3.05) is 0 Å². The fourth-order valence-electron chi connectivity index (χ4n) is 0.457. The first-order chi connectivity index (χ1) is 3.80. The van der Waals surface area contributed by atoms with E-state index in [2.05, 4.69) is 29.6 Å². The summed E-state index contributed by atoms with van der Waals surface area (Å²) in [7, 11) is 0. The largest absolute Gasteiger partial charge is 0.441 e. The van der Waals surface area contributed by atoms with Gasteiger partial charge in [-0.3, -0.25) is 0 Å². The van der Waals surface area contributed by atoms with Crippen LogP contribution in [0.5, 0.6) is 0 Å². The molecule has 0 atom stereocenters. The molecule has 0 saturated carbocycles. The lowest BCUT2D eigenvalue weighted by Crippen LogP contribution is -1.83. The van der Waals surface area contributed by atoms with Gasteiger partial charge in [-0.25, -0.2) is 4.98 Å². The van der Waals surface area contributed by atoms with E-state index in [1.165, 1.54) is 0 Å². The molecule has 0 aromatic carbocycles. The van der Waals surface area contributed by atoms with Crippen LogP contribution in [0.3, 0.4) is 0 Å². The van der Waals surface area contributed by atoms with E-state index in [0.29, 0.717) is 5.92 Å². The Bertz CT molecular complexity index is 144. The summed E-state index contributed by atoms with van der Waals surface area (Å²) in [6.07, 6.45) is 4.00. The van der Waals surface area contributed by atoms with Crippen LogP contribution >= 0.6 is 0 Å². The molecule has 1 heterocycles. The van der Waals surface area contributed by atoms with E-state index in [4.69, 9.17) is 0 Å². The predicted octanol–water partition coefficient (Wildman–Crippen LogP) is 1.60. The molecule has 1 radical (unpaired) electrons. The summed E-state index contributed by atoms with van der Waals surface area (Å²) in [5.41, 5.74) is 0.963. The normalized spacial score (nSPS) is 10.4. The molecule has 2 nitrogen and oxygen atoms in total. The second-order valence-electron chi connectivity index (χ2n) is 2.02. The zero-order valence-electron chi connectivity index (χ0n) is 5.01. The zero-order valence-corrected chi connectivity index (χ0v) is 5.01. The van der Waals surface area contributed by atoms with E-state index < -0.39 is 0 Å². The van der Waals surface area contributed by atoms with E-state index >= 15 is 0 Å². The van der Waals surface area contributed by atoms with Gasteiger partial charge >= 0.3 is 0 Å². The van der Waals surface area contributed by atoms with Crippen LogP contribution in [0.25, 0.3) is 0 Å². The van der Waals surface area contributed by atoms with Crippen molar-refractivity contribution in [1.82, 2.24) is 4.98 Å². The monoisotopic (exact) mass is 110 g/mol. The Morgan fingerprint density at radius 2 is 2.50 bits per heavy atom. The second-order valence-corrected chi connectivity index (χ2v) is 2.02. The molecule has 0 unspecified atom stereocenters. The van der Waals surface area contributed by atoms with Crippen LogP contribution in [0.1, 0.15) is 25.5 Å². The molecule has 0 aliphatic rings. The molecule has 8 heavy (non-hydrogen) atoms. The molecule has 0 saturated heterocycles. The van der Waals surface area contributed by atoms with Gasteiger partial charge in [0.05, 0.1) is 5.69 Å². The van der Waals surface area contributed by atoms with Gasteiger partial charge in [0, 0.05) is 0 Å². The first-order valence-corrected chi connectivity index (χ1v) is 2.62. The maximum absolute atomic E-state index is 4.64. The molecule has 1 aromatic heterocycles. The molecule has 0 aliphatic carbocycles. The van der Waals surface area contributed by atoms with Gasteiger partial charge in [-0.1, -0.05) is 13.8 Å². The van der Waals surface area contributed by atoms with E-state index in [0.717, 1.165) is 5.69 Å². The molecule has 1 aromatic rings. The first-order valence-electron chi connectivity index (χ1n) is 2.62. The highest BCUT2D eigenvalue weighted by molar-refractivity contribution is 4.96. The Kier molecular flexibility index (Phi) is 1.33. The number of nitrogens with zero attached hydrogens (tertiary/aromatic N) is 1. The highest BCUT2D eigenvalue weighted by atomic mass is 16.3. The van der Waals surface area contributed by atoms with Crippen molar-refractivity contribution in [3.63, 3.8) is 0 Å². The van der Waals surface area contributed by atoms with Gasteiger partial charge in [0.2, 0.25) is 0 Å². The minimum atomic E-state index is 0.449. The third-order valence-electron chi connectivity index (χ3n) is 0.999. The molecule has 0 fully saturated rings. The third kappa shape index (κ3) is 0.886. The van der Waals surface area contributed by atoms with Gasteiger partial charge in [-0.05, 0) is 5.92 Å². The lowest BCUT2D eigenvalue weighted by molar-refractivity contribution is 0.545. The van der Waals surface area contributed by atoms with Crippen molar-refractivity contribution in [3.05, 3.63) is 18.4 Å². The van der Waals surface area contributed by atoms with Crippen molar-refractivity contribution < 1.29 is 4.42 Å². The van der Waals surface area contributed by atoms with E-state index in [1.54, 1.807) is 6.26 Å². The molecular formula is C6H8NO. The summed E-state index contributed by atoms with van der Waals surface area (Å²) in [4.78, 5) is 3.82. The highest BCUT2D eigenvalue weighted by Crippen LogP contribution is 2.08. The van der Waals surface area contributed by atoms with E-state index in [-0.39, 0.29) is 0 Å². The van der Waals surface area contributed by atoms with Crippen LogP contribution in [-0.2, 0) is 0 Å². The molecule has 43 valence electrons. The molecule has 0 spiro atoms. The molecular weight excluding hydrogens is 102 g/mol. The lowest BCUT2D eigenvalue weighted by Gasteiger charge is -1.92. The van der Waals surface area contributed by atoms with Crippen LogP contribution in [-0.4, -0.2) is 4.98 Å². The van der Waals surface area contributed by atoms with Crippen molar-refractivity contribution in [3.8, 4) is 0 Å². The van der Waals surface area contributed by atoms with Crippen LogP contribution < -0.4 is 0 Å². The zero-order chi connectivity index (χ0) is 5.98. The number of hydrogen-bond donors (Lipinski definition) is 0. The summed E-state index contributed by atoms with van der Waals surface area (Å²) < 4.78 is 4.64. The van der Waals surface area contributed by atoms with Crippen molar-refractivity contribution in [2.24, 2.45) is 0 Å². The number of oxazole rings is 1. The average molecular weight is 110 g/mol. The Labute approximate surface area is 48.5 Å². The fraction of sp³-hybridized carbons (Fsp3) is 0.500. The average Bonchev–Trinajstić information content (AvgIpc) is 2.12. The smallest absolute Gasteiger partial charge is 0.283 e. The van der Waals surface area contributed by atoms with Crippen LogP contribution in [0, 0.1) is 6.39 Å². The number of rotatable bonds is 1. The molecule has 0 bridgehead atoms. The van der Waals surface area contributed by atoms with Gasteiger partial charge in [0.25, 0.3) is 6.39 Å². The third-order valence-corrected chi connectivity index (χ3v) is 0.999. The van der Waals surface area contributed by atoms with Crippen LogP contribution in [0.15, 0.2) is 10.7 Å². The number of aromatic nitrogens is 1. The van der Waals surface area contributed by atoms with E-state index in [1.807, 2.05) is 0 Å². The summed E-state index contributed by atoms with van der Waals surface area (Å²) >= 11 is 0. The van der Waals surface area contributed by atoms with E-state index in [9.17, 15) is 0 Å². The topological polar surface area (TPSA) is 26.0 Å². The van der Waals surface area contributed by atoms with Crippen LogP contribution in [0.2, 0.25) is 0 Å². The predicted molar refractivity (Wildman–Crippen MR) is 29.4 cm³/mol. The Balaban J connectivity index is 2.77. The Morgan fingerprint density at radius 1 is 1.75 bits per heavy atom. The second kappa shape index (κ2) is 1.99. The SMILES string of the molecule is CC(C)c1co[c]n1. The van der Waals surface area contributed by atoms with Gasteiger partial charge in [0.15, 0.2) is 0 Å². The van der Waals surface area contributed by atoms with Crippen molar-refractivity contribution in [2.45, 2.75) is 19.8 Å². The summed E-state index contributed by atoms with van der Waals surface area (Å²) in [5, 5.41) is 0. The molecule has 2 heteroatoms. The fourth-order valence-corrected chi connectivity index (χ4v) is 0.457. The number of hydrogen-bond acceptors (Lipinski definition) is 2. The summed E-state index contributed by atoms with van der Waals surface area (Å²) in [6.45, 7) is 4.12. The first kappa shape index (κ1) is 5.35. The molecule has 0 N–H and O–H groups in total. The lowest BCUT2D eigenvalue weighted by atomic mass is 10.2. The van der Waals surface area contributed by atoms with Gasteiger partial charge in [0.1, 0.15) is 6.26 Å². The maximum Gasteiger partial charge on any atom is 0.283 e. The minimum Gasteiger partial charge on any atom is -0.441 e. The highest BCUT2D eigenvalue weighted by Gasteiger charge is 1.99. The molecule has 0 amide bonds. The summed E-state index contributed by atoms with van der Waals surface area (Å²) in [6, 6.07) is 0. The van der Waals surface area contributed by atoms with Crippen LogP contribution in [0.4, 0.5) is 0 Å². The standard InChI is InChI=1S/C6H8NO/c1-5(2)6-3-8-4-7-6/h3,5H,1-2H3. The van der Waals surface area contributed by atoms with Gasteiger partial charge < -0.3 is 4.42 Å². The minimum absolute atomic E-state index is 0.449. The Morgan fingerprint density at radius 3 is 2.75 bits per heavy atom. The molecule has 0 aliphatic heterocycles. The Hall–Kier alpha value is -0.790. The van der Waals surface area contributed by atoms with Gasteiger partial charge in [-0.15, -0.1) is 0 Å². The quantitative estimate of drug-likeness (QED) is 0.548.